The van der Waals surface area contributed by atoms with Crippen molar-refractivity contribution >= 4 is 28.6 Å². The summed E-state index contributed by atoms with van der Waals surface area (Å²) in [6.07, 6.45) is -0.264. The maximum absolute atomic E-state index is 13.4. The Balaban J connectivity index is 1.84. The molecule has 134 valence electrons. The van der Waals surface area contributed by atoms with Gasteiger partial charge in [-0.25, -0.2) is 0 Å². The molecule has 1 aliphatic heterocycles. The van der Waals surface area contributed by atoms with Crippen molar-refractivity contribution in [3.63, 3.8) is 0 Å². The summed E-state index contributed by atoms with van der Waals surface area (Å²) in [6, 6.07) is 21.3. The number of azide groups is 1. The lowest BCUT2D eigenvalue weighted by atomic mass is 10.0. The largest absolute Gasteiger partial charge is 0.349 e. The van der Waals surface area contributed by atoms with Crippen molar-refractivity contribution in [3.8, 4) is 0 Å². The van der Waals surface area contributed by atoms with E-state index in [-0.39, 0.29) is 12.1 Å². The fraction of sp³-hybridized carbons (Fsp3) is 0.150. The van der Waals surface area contributed by atoms with Crippen LogP contribution in [-0.2, 0) is 6.54 Å². The molecule has 0 saturated heterocycles. The van der Waals surface area contributed by atoms with E-state index in [0.717, 1.165) is 21.1 Å². The van der Waals surface area contributed by atoms with Crippen molar-refractivity contribution in [3.05, 3.63) is 92.5 Å². The van der Waals surface area contributed by atoms with Crippen LogP contribution in [-0.4, -0.2) is 13.0 Å². The van der Waals surface area contributed by atoms with E-state index >= 15 is 0 Å². The molecule has 1 amide bonds. The summed E-state index contributed by atoms with van der Waals surface area (Å²) in [7, 11) is 2.00. The summed E-state index contributed by atoms with van der Waals surface area (Å²) < 4.78 is 0. The summed E-state index contributed by atoms with van der Waals surface area (Å²) in [5, 5.41) is 3.64. The van der Waals surface area contributed by atoms with Crippen molar-refractivity contribution in [1.29, 1.82) is 0 Å². The lowest BCUT2D eigenvalue weighted by molar-refractivity contribution is 0.0970. The molecule has 1 aromatic heterocycles. The van der Waals surface area contributed by atoms with Crippen LogP contribution in [0.25, 0.3) is 10.4 Å². The summed E-state index contributed by atoms with van der Waals surface area (Å²) in [5.74, 6) is -0.0232. The highest BCUT2D eigenvalue weighted by Crippen LogP contribution is 2.42. The van der Waals surface area contributed by atoms with Gasteiger partial charge < -0.3 is 4.90 Å². The van der Waals surface area contributed by atoms with Gasteiger partial charge in [-0.1, -0.05) is 35.4 Å². The van der Waals surface area contributed by atoms with Crippen LogP contribution >= 0.6 is 11.3 Å². The third-order valence-electron chi connectivity index (χ3n) is 4.61. The van der Waals surface area contributed by atoms with Crippen LogP contribution in [0.3, 0.4) is 0 Å². The van der Waals surface area contributed by atoms with Crippen LogP contribution in [0.2, 0.25) is 0 Å². The summed E-state index contributed by atoms with van der Waals surface area (Å²) in [4.78, 5) is 22.1. The summed E-state index contributed by atoms with van der Waals surface area (Å²) in [5.41, 5.74) is 11.0. The Kier molecular flexibility index (Phi) is 4.54. The Morgan fingerprint density at radius 3 is 2.59 bits per heavy atom. The zero-order valence-corrected chi connectivity index (χ0v) is 15.5. The molecular weight excluding hydrogens is 358 g/mol. The maximum Gasteiger partial charge on any atom is 0.262 e. The fourth-order valence-corrected chi connectivity index (χ4v) is 4.46. The van der Waals surface area contributed by atoms with Gasteiger partial charge in [0.05, 0.1) is 17.8 Å². The number of anilines is 2. The number of thiophene rings is 1. The minimum absolute atomic E-state index is 0.0232. The SMILES string of the molecule is CN1c2ccccc2C(=O)N(c2ccccc2)C1c1ccc(CN=[N+]=[N-])s1. The van der Waals surface area contributed by atoms with E-state index in [1.54, 1.807) is 11.3 Å². The van der Waals surface area contributed by atoms with Crippen LogP contribution < -0.4 is 9.80 Å². The molecule has 3 aromatic rings. The monoisotopic (exact) mass is 375 g/mol. The minimum Gasteiger partial charge on any atom is -0.349 e. The molecule has 1 atom stereocenters. The molecule has 1 aliphatic rings. The first-order valence-electron chi connectivity index (χ1n) is 8.50. The average molecular weight is 375 g/mol. The van der Waals surface area contributed by atoms with E-state index in [2.05, 4.69) is 14.9 Å². The van der Waals surface area contributed by atoms with Crippen LogP contribution in [0.1, 0.15) is 26.3 Å². The predicted molar refractivity (Wildman–Crippen MR) is 108 cm³/mol. The molecule has 27 heavy (non-hydrogen) atoms. The van der Waals surface area contributed by atoms with Gasteiger partial charge in [0.15, 0.2) is 0 Å². The second-order valence-corrected chi connectivity index (χ2v) is 7.41. The number of hydrogen-bond acceptors (Lipinski definition) is 4. The molecule has 2 heterocycles. The molecule has 4 rings (SSSR count). The summed E-state index contributed by atoms with van der Waals surface area (Å²) >= 11 is 1.56. The summed E-state index contributed by atoms with van der Waals surface area (Å²) in [6.45, 7) is 0.313. The molecule has 0 N–H and O–H groups in total. The lowest BCUT2D eigenvalue weighted by Gasteiger charge is -2.43. The quantitative estimate of drug-likeness (QED) is 0.350. The number of rotatable bonds is 4. The molecule has 0 radical (unpaired) electrons. The van der Waals surface area contributed by atoms with Crippen LogP contribution in [0.5, 0.6) is 0 Å². The van der Waals surface area contributed by atoms with E-state index < -0.39 is 0 Å². The lowest BCUT2D eigenvalue weighted by Crippen LogP contribution is -2.47. The molecular formula is C20H17N5OS. The number of carbonyl (C=O) groups is 1. The van der Waals surface area contributed by atoms with Gasteiger partial charge in [0.1, 0.15) is 6.17 Å². The van der Waals surface area contributed by atoms with Crippen LogP contribution in [0, 0.1) is 0 Å². The number of hydrogen-bond donors (Lipinski definition) is 0. The molecule has 1 unspecified atom stereocenters. The standard InChI is InChI=1S/C20H17N5OS/c1-24-17-10-6-5-9-16(17)20(26)25(14-7-3-2-4-8-14)19(24)18-12-11-15(27-18)13-22-23-21/h2-12,19H,13H2,1H3. The van der Waals surface area contributed by atoms with Crippen molar-refractivity contribution in [1.82, 2.24) is 0 Å². The van der Waals surface area contributed by atoms with E-state index in [9.17, 15) is 4.79 Å². The van der Waals surface area contributed by atoms with Crippen molar-refractivity contribution < 1.29 is 4.79 Å². The highest BCUT2D eigenvalue weighted by Gasteiger charge is 2.38. The van der Waals surface area contributed by atoms with Gasteiger partial charge in [-0.15, -0.1) is 11.3 Å². The first-order valence-corrected chi connectivity index (χ1v) is 9.32. The van der Waals surface area contributed by atoms with Gasteiger partial charge in [0.2, 0.25) is 0 Å². The Morgan fingerprint density at radius 2 is 1.81 bits per heavy atom. The second-order valence-electron chi connectivity index (χ2n) is 6.21. The fourth-order valence-electron chi connectivity index (χ4n) is 3.39. The molecule has 0 saturated carbocycles. The number of amides is 1. The molecule has 6 nitrogen and oxygen atoms in total. The molecule has 2 aromatic carbocycles. The van der Waals surface area contributed by atoms with Crippen LogP contribution in [0.4, 0.5) is 11.4 Å². The molecule has 0 spiro atoms. The van der Waals surface area contributed by atoms with Gasteiger partial charge in [-0.3, -0.25) is 9.69 Å². The first-order chi connectivity index (χ1) is 13.2. The zero-order valence-electron chi connectivity index (χ0n) is 14.7. The van der Waals surface area contributed by atoms with Crippen LogP contribution in [0.15, 0.2) is 71.8 Å². The molecule has 0 bridgehead atoms. The Hall–Kier alpha value is -3.28. The van der Waals surface area contributed by atoms with Gasteiger partial charge in [-0.05, 0) is 41.9 Å². The highest BCUT2D eigenvalue weighted by molar-refractivity contribution is 7.12. The van der Waals surface area contributed by atoms with E-state index in [1.807, 2.05) is 78.7 Å². The second kappa shape index (κ2) is 7.15. The number of benzene rings is 2. The van der Waals surface area contributed by atoms with E-state index in [0.29, 0.717) is 12.1 Å². The molecule has 0 aliphatic carbocycles. The molecule has 0 fully saturated rings. The van der Waals surface area contributed by atoms with Gasteiger partial charge in [0.25, 0.3) is 5.91 Å². The normalized spacial score (nSPS) is 16.0. The zero-order chi connectivity index (χ0) is 18.8. The van der Waals surface area contributed by atoms with E-state index in [1.165, 1.54) is 0 Å². The van der Waals surface area contributed by atoms with Gasteiger partial charge in [-0.2, -0.15) is 0 Å². The third-order valence-corrected chi connectivity index (χ3v) is 5.72. The number of carbonyl (C=O) groups excluding carboxylic acids is 1. The Labute approximate surface area is 160 Å². The van der Waals surface area contributed by atoms with E-state index in [4.69, 9.17) is 5.53 Å². The maximum atomic E-state index is 13.4. The van der Waals surface area contributed by atoms with Gasteiger partial charge >= 0.3 is 0 Å². The Bertz CT molecular complexity index is 1030. The topological polar surface area (TPSA) is 72.3 Å². The van der Waals surface area contributed by atoms with Crippen molar-refractivity contribution in [2.24, 2.45) is 5.11 Å². The number of nitrogens with zero attached hydrogens (tertiary/aromatic N) is 5. The highest BCUT2D eigenvalue weighted by atomic mass is 32.1. The molecule has 7 heteroatoms. The smallest absolute Gasteiger partial charge is 0.262 e. The first kappa shape index (κ1) is 17.1. The Morgan fingerprint density at radius 1 is 1.07 bits per heavy atom. The predicted octanol–water partition coefficient (Wildman–Crippen LogP) is 5.35. The van der Waals surface area contributed by atoms with Crippen molar-refractivity contribution in [2.45, 2.75) is 12.7 Å². The number of fused-ring (bicyclic) bond motifs is 1. The van der Waals surface area contributed by atoms with Crippen molar-refractivity contribution in [2.75, 3.05) is 16.8 Å². The number of para-hydroxylation sites is 2. The van der Waals surface area contributed by atoms with Gasteiger partial charge in [0, 0.05) is 27.4 Å². The average Bonchev–Trinajstić information content (AvgIpc) is 3.18. The third kappa shape index (κ3) is 3.03. The minimum atomic E-state index is -0.264.